The summed E-state index contributed by atoms with van der Waals surface area (Å²) in [6.45, 7) is 7.75. The smallest absolute Gasteiger partial charge is 0.0372 e. The van der Waals surface area contributed by atoms with E-state index in [2.05, 4.69) is 34.3 Å². The zero-order valence-corrected chi connectivity index (χ0v) is 12.9. The minimum absolute atomic E-state index is 0.392. The monoisotopic (exact) mass is 273 g/mol. The van der Waals surface area contributed by atoms with Crippen molar-refractivity contribution in [3.63, 3.8) is 0 Å². The normalized spacial score (nSPS) is 26.8. The summed E-state index contributed by atoms with van der Waals surface area (Å²) in [6.07, 6.45) is 8.94. The van der Waals surface area contributed by atoms with Gasteiger partial charge in [-0.2, -0.15) is 0 Å². The number of nitrogens with one attached hydrogen (secondary N) is 1. The van der Waals surface area contributed by atoms with E-state index in [-0.39, 0.29) is 0 Å². The van der Waals surface area contributed by atoms with E-state index in [4.69, 9.17) is 0 Å². The fraction of sp³-hybridized carbons (Fsp3) is 0.706. The van der Waals surface area contributed by atoms with Crippen LogP contribution < -0.4 is 5.32 Å². The Morgan fingerprint density at radius 1 is 1.30 bits per heavy atom. The van der Waals surface area contributed by atoms with Crippen LogP contribution >= 0.6 is 0 Å². The second-order valence-electron chi connectivity index (χ2n) is 6.78. The second kappa shape index (κ2) is 5.82. The minimum atomic E-state index is 0.392. The molecule has 0 aromatic carbocycles. The van der Waals surface area contributed by atoms with Gasteiger partial charge in [0, 0.05) is 43.1 Å². The fourth-order valence-electron chi connectivity index (χ4n) is 3.70. The molecule has 1 aromatic heterocycles. The van der Waals surface area contributed by atoms with E-state index in [1.54, 1.807) is 0 Å². The lowest BCUT2D eigenvalue weighted by Gasteiger charge is -2.49. The van der Waals surface area contributed by atoms with Crippen molar-refractivity contribution in [1.82, 2.24) is 15.2 Å². The van der Waals surface area contributed by atoms with Gasteiger partial charge in [0.1, 0.15) is 0 Å². The summed E-state index contributed by atoms with van der Waals surface area (Å²) in [5.74, 6) is 0. The van der Waals surface area contributed by atoms with E-state index in [9.17, 15) is 0 Å². The molecule has 1 saturated heterocycles. The van der Waals surface area contributed by atoms with Crippen LogP contribution in [0.4, 0.5) is 0 Å². The third-order valence-corrected chi connectivity index (χ3v) is 5.07. The molecule has 1 unspecified atom stereocenters. The molecule has 2 fully saturated rings. The lowest BCUT2D eigenvalue weighted by molar-refractivity contribution is 0.0572. The minimum Gasteiger partial charge on any atom is -0.308 e. The molecule has 1 saturated carbocycles. The highest BCUT2D eigenvalue weighted by atomic mass is 15.2. The number of hydrogen-bond acceptors (Lipinski definition) is 3. The van der Waals surface area contributed by atoms with Crippen LogP contribution in [0.3, 0.4) is 0 Å². The molecule has 3 rings (SSSR count). The molecule has 1 atom stereocenters. The molecule has 3 heteroatoms. The highest BCUT2D eigenvalue weighted by Crippen LogP contribution is 2.32. The third-order valence-electron chi connectivity index (χ3n) is 5.07. The van der Waals surface area contributed by atoms with Crippen LogP contribution in [0.2, 0.25) is 0 Å². The first kappa shape index (κ1) is 14.0. The van der Waals surface area contributed by atoms with Gasteiger partial charge in [0.2, 0.25) is 0 Å². The Bertz CT molecular complexity index is 434. The van der Waals surface area contributed by atoms with Gasteiger partial charge in [-0.3, -0.25) is 9.88 Å². The quantitative estimate of drug-likeness (QED) is 0.898. The van der Waals surface area contributed by atoms with Gasteiger partial charge in [-0.1, -0.05) is 25.3 Å². The molecule has 2 aliphatic rings. The van der Waals surface area contributed by atoms with Gasteiger partial charge in [0.15, 0.2) is 0 Å². The van der Waals surface area contributed by atoms with Gasteiger partial charge in [0.05, 0.1) is 0 Å². The molecule has 1 aliphatic heterocycles. The van der Waals surface area contributed by atoms with Gasteiger partial charge < -0.3 is 5.32 Å². The van der Waals surface area contributed by atoms with Gasteiger partial charge in [-0.05, 0) is 38.3 Å². The third kappa shape index (κ3) is 3.04. The number of pyridine rings is 1. The van der Waals surface area contributed by atoms with Crippen molar-refractivity contribution in [2.45, 2.75) is 64.1 Å². The van der Waals surface area contributed by atoms with E-state index in [1.807, 2.05) is 13.1 Å². The van der Waals surface area contributed by atoms with Crippen LogP contribution in [0, 0.1) is 6.92 Å². The maximum atomic E-state index is 4.43. The first-order valence-electron chi connectivity index (χ1n) is 8.08. The molecule has 1 spiro atoms. The van der Waals surface area contributed by atoms with Crippen molar-refractivity contribution in [3.05, 3.63) is 29.6 Å². The van der Waals surface area contributed by atoms with Crippen molar-refractivity contribution in [2.24, 2.45) is 0 Å². The molecule has 0 amide bonds. The van der Waals surface area contributed by atoms with E-state index in [0.717, 1.165) is 18.8 Å². The van der Waals surface area contributed by atoms with Crippen LogP contribution in [-0.2, 0) is 6.54 Å². The topological polar surface area (TPSA) is 28.2 Å². The molecule has 20 heavy (non-hydrogen) atoms. The number of nitrogens with zero attached hydrogens (tertiary/aromatic N) is 2. The van der Waals surface area contributed by atoms with Crippen molar-refractivity contribution in [2.75, 3.05) is 13.1 Å². The summed E-state index contributed by atoms with van der Waals surface area (Å²) < 4.78 is 0. The Labute approximate surface area is 122 Å². The number of aryl methyl sites for hydroxylation is 1. The SMILES string of the molecule is Cc1ccc(CN2CC3(CCCCC3)NCC2C)cn1. The maximum Gasteiger partial charge on any atom is 0.0372 e. The van der Waals surface area contributed by atoms with Crippen LogP contribution in [0.15, 0.2) is 18.3 Å². The Morgan fingerprint density at radius 2 is 2.10 bits per heavy atom. The zero-order chi connectivity index (χ0) is 14.0. The molecule has 2 heterocycles. The summed E-state index contributed by atoms with van der Waals surface area (Å²) in [5.41, 5.74) is 2.84. The second-order valence-corrected chi connectivity index (χ2v) is 6.78. The Morgan fingerprint density at radius 3 is 2.80 bits per heavy atom. The van der Waals surface area contributed by atoms with Crippen LogP contribution in [0.25, 0.3) is 0 Å². The molecule has 3 nitrogen and oxygen atoms in total. The molecule has 1 aliphatic carbocycles. The maximum absolute atomic E-state index is 4.43. The molecular weight excluding hydrogens is 246 g/mol. The van der Waals surface area contributed by atoms with E-state index in [0.29, 0.717) is 11.6 Å². The average molecular weight is 273 g/mol. The molecule has 110 valence electrons. The van der Waals surface area contributed by atoms with Crippen molar-refractivity contribution >= 4 is 0 Å². The van der Waals surface area contributed by atoms with Crippen LogP contribution in [0.1, 0.15) is 50.3 Å². The van der Waals surface area contributed by atoms with Crippen LogP contribution in [0.5, 0.6) is 0 Å². The number of piperazine rings is 1. The lowest BCUT2D eigenvalue weighted by atomic mass is 9.79. The summed E-state index contributed by atoms with van der Waals surface area (Å²) in [6, 6.07) is 4.97. The van der Waals surface area contributed by atoms with Crippen molar-refractivity contribution in [1.29, 1.82) is 0 Å². The summed E-state index contributed by atoms with van der Waals surface area (Å²) in [7, 11) is 0. The van der Waals surface area contributed by atoms with Gasteiger partial charge >= 0.3 is 0 Å². The molecule has 1 aromatic rings. The molecule has 1 N–H and O–H groups in total. The number of rotatable bonds is 2. The fourth-order valence-corrected chi connectivity index (χ4v) is 3.70. The van der Waals surface area contributed by atoms with Gasteiger partial charge in [-0.15, -0.1) is 0 Å². The molecular formula is C17H27N3. The molecule has 0 bridgehead atoms. The highest BCUT2D eigenvalue weighted by molar-refractivity contribution is 5.14. The predicted molar refractivity (Wildman–Crippen MR) is 82.7 cm³/mol. The number of aromatic nitrogens is 1. The van der Waals surface area contributed by atoms with Gasteiger partial charge in [0.25, 0.3) is 0 Å². The Kier molecular flexibility index (Phi) is 4.08. The van der Waals surface area contributed by atoms with Crippen molar-refractivity contribution < 1.29 is 0 Å². The average Bonchev–Trinajstić information content (AvgIpc) is 2.47. The lowest BCUT2D eigenvalue weighted by Crippen LogP contribution is -2.63. The van der Waals surface area contributed by atoms with E-state index >= 15 is 0 Å². The first-order valence-corrected chi connectivity index (χ1v) is 8.08. The largest absolute Gasteiger partial charge is 0.308 e. The first-order chi connectivity index (χ1) is 9.67. The Hall–Kier alpha value is -0.930. The molecule has 0 radical (unpaired) electrons. The summed E-state index contributed by atoms with van der Waals surface area (Å²) >= 11 is 0. The Balaban J connectivity index is 1.69. The predicted octanol–water partition coefficient (Wildman–Crippen LogP) is 2.89. The summed E-state index contributed by atoms with van der Waals surface area (Å²) in [5, 5.41) is 3.85. The van der Waals surface area contributed by atoms with E-state index in [1.165, 1.54) is 44.2 Å². The van der Waals surface area contributed by atoms with Gasteiger partial charge in [-0.25, -0.2) is 0 Å². The van der Waals surface area contributed by atoms with Crippen LogP contribution in [-0.4, -0.2) is 34.6 Å². The highest BCUT2D eigenvalue weighted by Gasteiger charge is 2.38. The standard InChI is InChI=1S/C17H27N3/c1-14-6-7-16(11-18-14)12-20-13-17(19-10-15(20)2)8-4-3-5-9-17/h6-7,11,15,19H,3-5,8-10,12-13H2,1-2H3. The zero-order valence-electron chi connectivity index (χ0n) is 12.9. The van der Waals surface area contributed by atoms with E-state index < -0.39 is 0 Å². The van der Waals surface area contributed by atoms with Crippen molar-refractivity contribution in [3.8, 4) is 0 Å². The summed E-state index contributed by atoms with van der Waals surface area (Å²) in [4.78, 5) is 7.08. The number of hydrogen-bond donors (Lipinski definition) is 1.